The quantitative estimate of drug-likeness (QED) is 0.619. The first kappa shape index (κ1) is 23.8. The Bertz CT molecular complexity index is 1020. The van der Waals surface area contributed by atoms with Crippen LogP contribution in [0.4, 0.5) is 5.69 Å². The molecule has 0 radical (unpaired) electrons. The van der Waals surface area contributed by atoms with Crippen LogP contribution in [0, 0.1) is 0 Å². The fourth-order valence-electron chi connectivity index (χ4n) is 2.55. The van der Waals surface area contributed by atoms with Crippen molar-refractivity contribution in [3.05, 3.63) is 40.9 Å². The summed E-state index contributed by atoms with van der Waals surface area (Å²) in [5.41, 5.74) is 0.412. The molecule has 0 aliphatic carbocycles. The van der Waals surface area contributed by atoms with Crippen molar-refractivity contribution in [3.63, 3.8) is 0 Å². The Morgan fingerprint density at radius 1 is 1.10 bits per heavy atom. The number of halogens is 1. The molecular weight excluding hydrogens is 432 g/mol. The number of methoxy groups -OCH3 is 2. The van der Waals surface area contributed by atoms with Crippen LogP contribution in [0.15, 0.2) is 35.2 Å². The van der Waals surface area contributed by atoms with Crippen LogP contribution >= 0.6 is 11.6 Å². The van der Waals surface area contributed by atoms with E-state index in [4.69, 9.17) is 25.8 Å². The number of carbonyl (C=O) groups excluding carboxylic acids is 1. The van der Waals surface area contributed by atoms with Crippen LogP contribution in [0.5, 0.6) is 17.2 Å². The summed E-state index contributed by atoms with van der Waals surface area (Å²) in [5, 5.41) is 2.89. The third-order valence-electron chi connectivity index (χ3n) is 4.14. The summed E-state index contributed by atoms with van der Waals surface area (Å²) in [4.78, 5) is 12.9. The van der Waals surface area contributed by atoms with E-state index >= 15 is 0 Å². The maximum absolute atomic E-state index is 12.8. The highest BCUT2D eigenvalue weighted by atomic mass is 35.5. The number of amides is 1. The van der Waals surface area contributed by atoms with Crippen LogP contribution < -0.4 is 19.5 Å². The lowest BCUT2D eigenvalue weighted by molar-refractivity contribution is 0.102. The SMILES string of the molecule is CCCOc1c(Cl)cc(C(=O)Nc2cc(S(=O)(=O)N(C)C)ccc2OC)cc1OC. The molecule has 0 saturated heterocycles. The Kier molecular flexibility index (Phi) is 7.94. The van der Waals surface area contributed by atoms with E-state index in [0.717, 1.165) is 10.7 Å². The van der Waals surface area contributed by atoms with E-state index in [2.05, 4.69) is 5.32 Å². The van der Waals surface area contributed by atoms with Crippen molar-refractivity contribution in [1.82, 2.24) is 4.31 Å². The average molecular weight is 457 g/mol. The smallest absolute Gasteiger partial charge is 0.255 e. The normalized spacial score (nSPS) is 11.3. The Balaban J connectivity index is 2.41. The molecule has 8 nitrogen and oxygen atoms in total. The van der Waals surface area contributed by atoms with Gasteiger partial charge in [0, 0.05) is 19.7 Å². The molecule has 30 heavy (non-hydrogen) atoms. The first-order valence-corrected chi connectivity index (χ1v) is 10.9. The fourth-order valence-corrected chi connectivity index (χ4v) is 3.74. The van der Waals surface area contributed by atoms with Gasteiger partial charge in [-0.3, -0.25) is 4.79 Å². The molecule has 2 aromatic rings. The van der Waals surface area contributed by atoms with Gasteiger partial charge in [0.25, 0.3) is 5.91 Å². The third-order valence-corrected chi connectivity index (χ3v) is 6.23. The van der Waals surface area contributed by atoms with E-state index in [9.17, 15) is 13.2 Å². The highest BCUT2D eigenvalue weighted by Gasteiger charge is 2.21. The van der Waals surface area contributed by atoms with Crippen LogP contribution in [-0.2, 0) is 10.0 Å². The van der Waals surface area contributed by atoms with Gasteiger partial charge in [-0.1, -0.05) is 18.5 Å². The molecule has 0 aromatic heterocycles. The van der Waals surface area contributed by atoms with E-state index in [-0.39, 0.29) is 21.2 Å². The summed E-state index contributed by atoms with van der Waals surface area (Å²) in [7, 11) is 2.03. The molecule has 0 aliphatic rings. The number of nitrogens with zero attached hydrogens (tertiary/aromatic N) is 1. The maximum atomic E-state index is 12.8. The molecule has 0 aliphatic heterocycles. The minimum atomic E-state index is -3.69. The fraction of sp³-hybridized carbons (Fsp3) is 0.350. The van der Waals surface area contributed by atoms with E-state index in [1.54, 1.807) is 0 Å². The van der Waals surface area contributed by atoms with Crippen LogP contribution in [0.3, 0.4) is 0 Å². The number of carbonyl (C=O) groups is 1. The largest absolute Gasteiger partial charge is 0.495 e. The summed E-state index contributed by atoms with van der Waals surface area (Å²) in [6.07, 6.45) is 0.785. The van der Waals surface area contributed by atoms with Crippen LogP contribution in [0.2, 0.25) is 5.02 Å². The van der Waals surface area contributed by atoms with Gasteiger partial charge in [0.2, 0.25) is 10.0 Å². The van der Waals surface area contributed by atoms with Crippen molar-refractivity contribution in [3.8, 4) is 17.2 Å². The number of ether oxygens (including phenoxy) is 3. The second-order valence-electron chi connectivity index (χ2n) is 6.44. The lowest BCUT2D eigenvalue weighted by Crippen LogP contribution is -2.22. The summed E-state index contributed by atoms with van der Waals surface area (Å²) >= 11 is 6.28. The van der Waals surface area contributed by atoms with Crippen molar-refractivity contribution >= 4 is 33.2 Å². The first-order valence-electron chi connectivity index (χ1n) is 9.07. The molecule has 0 saturated carbocycles. The van der Waals surface area contributed by atoms with Gasteiger partial charge in [-0.2, -0.15) is 0 Å². The predicted molar refractivity (Wildman–Crippen MR) is 116 cm³/mol. The number of hydrogen-bond donors (Lipinski definition) is 1. The molecule has 0 spiro atoms. The topological polar surface area (TPSA) is 94.2 Å². The summed E-state index contributed by atoms with van der Waals surface area (Å²) in [6.45, 7) is 2.41. The number of rotatable bonds is 9. The Labute approximate surface area is 181 Å². The van der Waals surface area contributed by atoms with Crippen molar-refractivity contribution in [2.45, 2.75) is 18.2 Å². The van der Waals surface area contributed by atoms with Gasteiger partial charge in [-0.25, -0.2) is 12.7 Å². The van der Waals surface area contributed by atoms with Gasteiger partial charge in [-0.05, 0) is 36.8 Å². The van der Waals surface area contributed by atoms with Crippen LogP contribution in [0.25, 0.3) is 0 Å². The van der Waals surface area contributed by atoms with Gasteiger partial charge in [0.15, 0.2) is 11.5 Å². The molecule has 10 heteroatoms. The number of hydrogen-bond acceptors (Lipinski definition) is 6. The second kappa shape index (κ2) is 10.0. The highest BCUT2D eigenvalue weighted by Crippen LogP contribution is 2.37. The van der Waals surface area contributed by atoms with Crippen LogP contribution in [0.1, 0.15) is 23.7 Å². The zero-order valence-corrected chi connectivity index (χ0v) is 19.1. The predicted octanol–water partition coefficient (Wildman–Crippen LogP) is 3.65. The molecule has 0 heterocycles. The minimum absolute atomic E-state index is 0.0162. The number of anilines is 1. The second-order valence-corrected chi connectivity index (χ2v) is 9.00. The minimum Gasteiger partial charge on any atom is -0.495 e. The lowest BCUT2D eigenvalue weighted by atomic mass is 10.1. The standard InChI is InChI=1S/C20H25ClN2O6S/c1-6-9-29-19-15(21)10-13(11-18(19)28-5)20(24)22-16-12-14(7-8-17(16)27-4)30(25,26)23(2)3/h7-8,10-12H,6,9H2,1-5H3,(H,22,24). The Hall–Kier alpha value is -2.49. The molecule has 2 rings (SSSR count). The van der Waals surface area contributed by atoms with Crippen molar-refractivity contribution in [1.29, 1.82) is 0 Å². The molecule has 0 atom stereocenters. The summed E-state index contributed by atoms with van der Waals surface area (Å²) < 4.78 is 42.1. The van der Waals surface area contributed by atoms with Gasteiger partial charge in [0.05, 0.1) is 36.4 Å². The molecule has 1 amide bonds. The van der Waals surface area contributed by atoms with E-state index in [1.807, 2.05) is 6.92 Å². The van der Waals surface area contributed by atoms with E-state index < -0.39 is 15.9 Å². The van der Waals surface area contributed by atoms with Gasteiger partial charge < -0.3 is 19.5 Å². The molecule has 0 bridgehead atoms. The molecule has 0 unspecified atom stereocenters. The van der Waals surface area contributed by atoms with Crippen molar-refractivity contribution in [2.24, 2.45) is 0 Å². The summed E-state index contributed by atoms with van der Waals surface area (Å²) in [6, 6.07) is 7.17. The third kappa shape index (κ3) is 5.16. The monoisotopic (exact) mass is 456 g/mol. The molecule has 1 N–H and O–H groups in total. The van der Waals surface area contributed by atoms with Crippen molar-refractivity contribution in [2.75, 3.05) is 40.2 Å². The molecule has 0 fully saturated rings. The van der Waals surface area contributed by atoms with Crippen molar-refractivity contribution < 1.29 is 27.4 Å². The maximum Gasteiger partial charge on any atom is 0.255 e. The zero-order valence-electron chi connectivity index (χ0n) is 17.5. The molecule has 164 valence electrons. The number of sulfonamides is 1. The lowest BCUT2D eigenvalue weighted by Gasteiger charge is -2.16. The van der Waals surface area contributed by atoms with Gasteiger partial charge in [0.1, 0.15) is 5.75 Å². The number of nitrogens with one attached hydrogen (secondary N) is 1. The first-order chi connectivity index (χ1) is 14.1. The summed E-state index contributed by atoms with van der Waals surface area (Å²) in [5.74, 6) is 0.461. The van der Waals surface area contributed by atoms with Gasteiger partial charge >= 0.3 is 0 Å². The Morgan fingerprint density at radius 2 is 1.77 bits per heavy atom. The van der Waals surface area contributed by atoms with Gasteiger partial charge in [-0.15, -0.1) is 0 Å². The number of benzene rings is 2. The molecule has 2 aromatic carbocycles. The highest BCUT2D eigenvalue weighted by molar-refractivity contribution is 7.89. The van der Waals surface area contributed by atoms with E-state index in [0.29, 0.717) is 23.9 Å². The van der Waals surface area contributed by atoms with Crippen LogP contribution in [-0.4, -0.2) is 53.6 Å². The molecular formula is C20H25ClN2O6S. The Morgan fingerprint density at radius 3 is 2.33 bits per heavy atom. The average Bonchev–Trinajstić information content (AvgIpc) is 2.71. The zero-order chi connectivity index (χ0) is 22.5. The van der Waals surface area contributed by atoms with E-state index in [1.165, 1.54) is 58.6 Å².